The highest BCUT2D eigenvalue weighted by Gasteiger charge is 2.39. The largest absolute Gasteiger partial charge is 0.480 e. The number of nitrogens with one attached hydrogen (secondary N) is 2. The van der Waals surface area contributed by atoms with Crippen LogP contribution in [0.2, 0.25) is 0 Å². The molecule has 0 aliphatic carbocycles. The van der Waals surface area contributed by atoms with Gasteiger partial charge in [0.2, 0.25) is 5.91 Å². The number of carbonyl (C=O) groups is 2. The van der Waals surface area contributed by atoms with Crippen molar-refractivity contribution in [2.75, 3.05) is 0 Å². The van der Waals surface area contributed by atoms with E-state index in [0.29, 0.717) is 19.3 Å². The fraction of sp³-hybridized carbons (Fsp3) is 0.714. The van der Waals surface area contributed by atoms with Gasteiger partial charge in [-0.2, -0.15) is 0 Å². The zero-order valence-electron chi connectivity index (χ0n) is 11.7. The Morgan fingerprint density at radius 3 is 2.58 bits per heavy atom. The van der Waals surface area contributed by atoms with E-state index in [0.717, 1.165) is 19.3 Å². The summed E-state index contributed by atoms with van der Waals surface area (Å²) in [4.78, 5) is 23.7. The molecule has 0 saturated carbocycles. The average Bonchev–Trinajstić information content (AvgIpc) is 2.89. The van der Waals surface area contributed by atoms with Gasteiger partial charge in [-0.3, -0.25) is 4.79 Å². The number of carbonyl (C=O) groups excluding carboxylic acids is 1. The van der Waals surface area contributed by atoms with E-state index in [-0.39, 0.29) is 11.9 Å². The summed E-state index contributed by atoms with van der Waals surface area (Å²) in [6.07, 6.45) is 7.61. The number of hydrogen-bond donors (Lipinski definition) is 3. The van der Waals surface area contributed by atoms with Gasteiger partial charge < -0.3 is 15.7 Å². The fourth-order valence-corrected chi connectivity index (χ4v) is 2.38. The van der Waals surface area contributed by atoms with Gasteiger partial charge in [-0.15, -0.1) is 0 Å². The van der Waals surface area contributed by atoms with Gasteiger partial charge in [0.25, 0.3) is 0 Å². The Kier molecular flexibility index (Phi) is 5.86. The topological polar surface area (TPSA) is 78.4 Å². The number of amides is 1. The molecule has 0 fully saturated rings. The molecule has 2 atom stereocenters. The highest BCUT2D eigenvalue weighted by Crippen LogP contribution is 2.22. The summed E-state index contributed by atoms with van der Waals surface area (Å²) in [6, 6.07) is -0.336. The second-order valence-electron chi connectivity index (χ2n) is 5.09. The molecule has 0 saturated heterocycles. The first-order valence-corrected chi connectivity index (χ1v) is 7.02. The summed E-state index contributed by atoms with van der Waals surface area (Å²) >= 11 is 0. The van der Waals surface area contributed by atoms with E-state index < -0.39 is 11.5 Å². The molecule has 0 radical (unpaired) electrons. The van der Waals surface area contributed by atoms with Crippen molar-refractivity contribution in [2.45, 2.75) is 64.0 Å². The fourth-order valence-electron chi connectivity index (χ4n) is 2.38. The van der Waals surface area contributed by atoms with Crippen LogP contribution in [-0.2, 0) is 9.59 Å². The Labute approximate surface area is 114 Å². The predicted octanol–water partition coefficient (Wildman–Crippen LogP) is 1.79. The predicted molar refractivity (Wildman–Crippen MR) is 73.6 cm³/mol. The monoisotopic (exact) mass is 268 g/mol. The lowest BCUT2D eigenvalue weighted by atomic mass is 9.87. The number of carboxylic acid groups (broad SMARTS) is 1. The summed E-state index contributed by atoms with van der Waals surface area (Å²) in [5.41, 5.74) is -1.12. The van der Waals surface area contributed by atoms with Crippen molar-refractivity contribution >= 4 is 11.9 Å². The van der Waals surface area contributed by atoms with Gasteiger partial charge in [0.1, 0.15) is 11.6 Å². The van der Waals surface area contributed by atoms with Crippen LogP contribution in [0.25, 0.3) is 0 Å². The first-order chi connectivity index (χ1) is 9.05. The van der Waals surface area contributed by atoms with Gasteiger partial charge in [0, 0.05) is 0 Å². The zero-order valence-corrected chi connectivity index (χ0v) is 11.7. The van der Waals surface area contributed by atoms with Gasteiger partial charge in [0.05, 0.1) is 0 Å². The highest BCUT2D eigenvalue weighted by molar-refractivity contribution is 5.90. The van der Waals surface area contributed by atoms with Gasteiger partial charge in [-0.25, -0.2) is 4.79 Å². The summed E-state index contributed by atoms with van der Waals surface area (Å²) in [7, 11) is 0. The number of carboxylic acids is 1. The third kappa shape index (κ3) is 3.98. The Hall–Kier alpha value is -1.52. The van der Waals surface area contributed by atoms with Gasteiger partial charge in [-0.1, -0.05) is 39.2 Å². The summed E-state index contributed by atoms with van der Waals surface area (Å²) in [6.45, 7) is 3.95. The average molecular weight is 268 g/mol. The summed E-state index contributed by atoms with van der Waals surface area (Å²) in [5.74, 6) is -1.15. The van der Waals surface area contributed by atoms with E-state index in [1.54, 1.807) is 6.20 Å². The van der Waals surface area contributed by atoms with Crippen LogP contribution in [0.15, 0.2) is 12.3 Å². The molecule has 3 N–H and O–H groups in total. The minimum Gasteiger partial charge on any atom is -0.480 e. The van der Waals surface area contributed by atoms with Crippen LogP contribution in [-0.4, -0.2) is 28.6 Å². The van der Waals surface area contributed by atoms with Crippen molar-refractivity contribution < 1.29 is 14.7 Å². The summed E-state index contributed by atoms with van der Waals surface area (Å²) < 4.78 is 0. The SMILES string of the molecule is CCCCC(CCC)(NC(=O)C1CC=CN1)C(=O)O. The van der Waals surface area contributed by atoms with E-state index in [9.17, 15) is 14.7 Å². The second-order valence-corrected chi connectivity index (χ2v) is 5.09. The molecule has 2 unspecified atom stereocenters. The molecule has 5 heteroatoms. The lowest BCUT2D eigenvalue weighted by Crippen LogP contribution is -2.58. The molecule has 1 aliphatic rings. The van der Waals surface area contributed by atoms with Crippen LogP contribution in [0, 0.1) is 0 Å². The molecule has 0 aromatic carbocycles. The quantitative estimate of drug-likeness (QED) is 0.627. The van der Waals surface area contributed by atoms with Crippen LogP contribution in [0.1, 0.15) is 52.4 Å². The Balaban J connectivity index is 2.75. The second kappa shape index (κ2) is 7.16. The van der Waals surface area contributed by atoms with Crippen LogP contribution in [0.3, 0.4) is 0 Å². The minimum absolute atomic E-state index is 0.225. The van der Waals surface area contributed by atoms with Gasteiger partial charge in [-0.05, 0) is 25.5 Å². The first kappa shape index (κ1) is 15.5. The third-order valence-electron chi connectivity index (χ3n) is 3.51. The molecular formula is C14H24N2O3. The van der Waals surface area contributed by atoms with E-state index in [1.165, 1.54) is 0 Å². The summed E-state index contributed by atoms with van der Waals surface area (Å²) in [5, 5.41) is 15.2. The molecule has 1 rings (SSSR count). The molecule has 0 aromatic heterocycles. The molecule has 0 aromatic rings. The van der Waals surface area contributed by atoms with Crippen molar-refractivity contribution in [3.05, 3.63) is 12.3 Å². The third-order valence-corrected chi connectivity index (χ3v) is 3.51. The van der Waals surface area contributed by atoms with Crippen LogP contribution < -0.4 is 10.6 Å². The Bertz CT molecular complexity index is 347. The molecule has 5 nitrogen and oxygen atoms in total. The van der Waals surface area contributed by atoms with Crippen LogP contribution in [0.4, 0.5) is 0 Å². The van der Waals surface area contributed by atoms with Crippen molar-refractivity contribution in [3.8, 4) is 0 Å². The Morgan fingerprint density at radius 1 is 1.37 bits per heavy atom. The van der Waals surface area contributed by atoms with Crippen molar-refractivity contribution in [1.29, 1.82) is 0 Å². The van der Waals surface area contributed by atoms with Crippen LogP contribution in [0.5, 0.6) is 0 Å². The first-order valence-electron chi connectivity index (χ1n) is 7.02. The standard InChI is InChI=1S/C14H24N2O3/c1-3-5-9-14(8-4-2,13(18)19)16-12(17)11-7-6-10-15-11/h6,10-11,15H,3-5,7-9H2,1-2H3,(H,16,17)(H,18,19). The number of unbranched alkanes of at least 4 members (excludes halogenated alkanes) is 1. The highest BCUT2D eigenvalue weighted by atomic mass is 16.4. The van der Waals surface area contributed by atoms with E-state index in [4.69, 9.17) is 0 Å². The van der Waals surface area contributed by atoms with Crippen molar-refractivity contribution in [1.82, 2.24) is 10.6 Å². The molecule has 0 bridgehead atoms. The molecule has 0 spiro atoms. The van der Waals surface area contributed by atoms with E-state index in [1.807, 2.05) is 19.9 Å². The molecular weight excluding hydrogens is 244 g/mol. The maximum absolute atomic E-state index is 12.1. The normalized spacial score (nSPS) is 20.6. The maximum atomic E-state index is 12.1. The molecule has 1 amide bonds. The number of hydrogen-bond acceptors (Lipinski definition) is 3. The smallest absolute Gasteiger partial charge is 0.329 e. The number of rotatable bonds is 8. The molecule has 108 valence electrons. The Morgan fingerprint density at radius 2 is 2.11 bits per heavy atom. The molecule has 1 aliphatic heterocycles. The minimum atomic E-state index is -1.12. The zero-order chi connectivity index (χ0) is 14.3. The van der Waals surface area contributed by atoms with Crippen LogP contribution >= 0.6 is 0 Å². The molecule has 1 heterocycles. The van der Waals surface area contributed by atoms with Gasteiger partial charge in [0.15, 0.2) is 0 Å². The maximum Gasteiger partial charge on any atom is 0.329 e. The lowest BCUT2D eigenvalue weighted by molar-refractivity contribution is -0.148. The van der Waals surface area contributed by atoms with E-state index >= 15 is 0 Å². The van der Waals surface area contributed by atoms with Gasteiger partial charge >= 0.3 is 5.97 Å². The van der Waals surface area contributed by atoms with Crippen molar-refractivity contribution in [2.24, 2.45) is 0 Å². The van der Waals surface area contributed by atoms with E-state index in [2.05, 4.69) is 10.6 Å². The molecule has 19 heavy (non-hydrogen) atoms. The lowest BCUT2D eigenvalue weighted by Gasteiger charge is -2.31. The van der Waals surface area contributed by atoms with Crippen molar-refractivity contribution in [3.63, 3.8) is 0 Å². The number of aliphatic carboxylic acids is 1.